The number of hydrogen-bond donors (Lipinski definition) is 3. The Morgan fingerprint density at radius 2 is 1.87 bits per heavy atom. The van der Waals surface area contributed by atoms with Crippen LogP contribution in [0.4, 0.5) is 5.69 Å². The van der Waals surface area contributed by atoms with Gasteiger partial charge in [-0.1, -0.05) is 18.2 Å². The number of benzene rings is 1. The summed E-state index contributed by atoms with van der Waals surface area (Å²) in [4.78, 5) is 0. The lowest BCUT2D eigenvalue weighted by Crippen LogP contribution is -2.27. The van der Waals surface area contributed by atoms with E-state index in [9.17, 15) is 13.5 Å². The summed E-state index contributed by atoms with van der Waals surface area (Å²) in [6.45, 7) is 0.0732. The molecule has 1 aromatic rings. The zero-order valence-corrected chi connectivity index (χ0v) is 8.81. The van der Waals surface area contributed by atoms with Gasteiger partial charge in [0, 0.05) is 12.2 Å². The molecule has 1 rings (SSSR count). The molecule has 6 heteroatoms. The van der Waals surface area contributed by atoms with Crippen molar-refractivity contribution in [3.63, 3.8) is 0 Å². The van der Waals surface area contributed by atoms with Crippen molar-refractivity contribution in [2.75, 3.05) is 17.6 Å². The van der Waals surface area contributed by atoms with Crippen molar-refractivity contribution >= 4 is 15.8 Å². The molecule has 1 atom stereocenters. The molecule has 0 aliphatic carbocycles. The summed E-state index contributed by atoms with van der Waals surface area (Å²) in [5.41, 5.74) is 0.784. The molecule has 84 valence electrons. The molecular weight excluding hydrogens is 218 g/mol. The van der Waals surface area contributed by atoms with Gasteiger partial charge in [0.15, 0.2) is 0 Å². The molecule has 5 nitrogen and oxygen atoms in total. The van der Waals surface area contributed by atoms with E-state index in [0.29, 0.717) is 0 Å². The van der Waals surface area contributed by atoms with Gasteiger partial charge in [-0.3, -0.25) is 4.55 Å². The Kier molecular flexibility index (Phi) is 4.07. The van der Waals surface area contributed by atoms with Gasteiger partial charge >= 0.3 is 0 Å². The van der Waals surface area contributed by atoms with E-state index in [1.807, 2.05) is 18.2 Å². The topological polar surface area (TPSA) is 86.6 Å². The van der Waals surface area contributed by atoms with Crippen LogP contribution in [-0.4, -0.2) is 36.5 Å². The molecule has 0 amide bonds. The SMILES string of the molecule is O=S(=O)(O)CC(O)CNc1ccccc1. The van der Waals surface area contributed by atoms with Crippen LogP contribution < -0.4 is 5.32 Å². The Bertz CT molecular complexity index is 390. The number of aliphatic hydroxyl groups is 1. The summed E-state index contributed by atoms with van der Waals surface area (Å²) >= 11 is 0. The first kappa shape index (κ1) is 12.0. The maximum Gasteiger partial charge on any atom is 0.267 e. The first-order chi connectivity index (χ1) is 6.97. The third kappa shape index (κ3) is 5.36. The summed E-state index contributed by atoms with van der Waals surface area (Å²) in [6, 6.07) is 9.06. The predicted molar refractivity (Wildman–Crippen MR) is 57.4 cm³/mol. The van der Waals surface area contributed by atoms with E-state index in [-0.39, 0.29) is 6.54 Å². The molecule has 0 saturated carbocycles. The highest BCUT2D eigenvalue weighted by Gasteiger charge is 2.13. The van der Waals surface area contributed by atoms with Crippen LogP contribution in [-0.2, 0) is 10.1 Å². The zero-order valence-electron chi connectivity index (χ0n) is 8.00. The molecular formula is C9H13NO4S. The second-order valence-electron chi connectivity index (χ2n) is 3.15. The number of nitrogens with one attached hydrogen (secondary N) is 1. The van der Waals surface area contributed by atoms with Crippen molar-refractivity contribution in [1.29, 1.82) is 0 Å². The second-order valence-corrected chi connectivity index (χ2v) is 4.65. The summed E-state index contributed by atoms with van der Waals surface area (Å²) in [5, 5.41) is 12.1. The zero-order chi connectivity index (χ0) is 11.3. The van der Waals surface area contributed by atoms with Gasteiger partial charge in [0.25, 0.3) is 10.1 Å². The summed E-state index contributed by atoms with van der Waals surface area (Å²) < 4.78 is 29.3. The molecule has 0 bridgehead atoms. The molecule has 15 heavy (non-hydrogen) atoms. The molecule has 0 aromatic heterocycles. The monoisotopic (exact) mass is 231 g/mol. The molecule has 0 radical (unpaired) electrons. The van der Waals surface area contributed by atoms with E-state index < -0.39 is 22.0 Å². The molecule has 1 aromatic carbocycles. The Morgan fingerprint density at radius 1 is 1.27 bits per heavy atom. The largest absolute Gasteiger partial charge is 0.390 e. The van der Waals surface area contributed by atoms with Crippen molar-refractivity contribution < 1.29 is 18.1 Å². The fourth-order valence-corrected chi connectivity index (χ4v) is 1.70. The summed E-state index contributed by atoms with van der Waals surface area (Å²) in [7, 11) is -4.12. The Hall–Kier alpha value is -1.11. The van der Waals surface area contributed by atoms with Crippen molar-refractivity contribution in [2.45, 2.75) is 6.10 Å². The third-order valence-corrected chi connectivity index (χ3v) is 2.52. The molecule has 0 heterocycles. The minimum atomic E-state index is -4.12. The van der Waals surface area contributed by atoms with Gasteiger partial charge in [-0.15, -0.1) is 0 Å². The highest BCUT2D eigenvalue weighted by atomic mass is 32.2. The lowest BCUT2D eigenvalue weighted by atomic mass is 10.3. The average molecular weight is 231 g/mol. The van der Waals surface area contributed by atoms with Crippen LogP contribution in [0.3, 0.4) is 0 Å². The van der Waals surface area contributed by atoms with Crippen LogP contribution in [0.15, 0.2) is 30.3 Å². The van der Waals surface area contributed by atoms with E-state index in [2.05, 4.69) is 5.32 Å². The molecule has 1 unspecified atom stereocenters. The van der Waals surface area contributed by atoms with Gasteiger partial charge < -0.3 is 10.4 Å². The van der Waals surface area contributed by atoms with Gasteiger partial charge in [0.2, 0.25) is 0 Å². The first-order valence-electron chi connectivity index (χ1n) is 4.39. The minimum Gasteiger partial charge on any atom is -0.390 e. The fraction of sp³-hybridized carbons (Fsp3) is 0.333. The van der Waals surface area contributed by atoms with Gasteiger partial charge in [-0.05, 0) is 12.1 Å². The van der Waals surface area contributed by atoms with Gasteiger partial charge in [-0.25, -0.2) is 0 Å². The van der Waals surface area contributed by atoms with E-state index in [0.717, 1.165) is 5.69 Å². The number of anilines is 1. The number of hydrogen-bond acceptors (Lipinski definition) is 4. The summed E-state index contributed by atoms with van der Waals surface area (Å²) in [5.74, 6) is -0.660. The minimum absolute atomic E-state index is 0.0732. The molecule has 0 fully saturated rings. The van der Waals surface area contributed by atoms with Crippen LogP contribution in [0.1, 0.15) is 0 Å². The quantitative estimate of drug-likeness (QED) is 0.636. The maximum absolute atomic E-state index is 10.4. The number of rotatable bonds is 5. The maximum atomic E-state index is 10.4. The van der Waals surface area contributed by atoms with Gasteiger partial charge in [0.05, 0.1) is 6.10 Å². The average Bonchev–Trinajstić information content (AvgIpc) is 2.14. The first-order valence-corrected chi connectivity index (χ1v) is 6.00. The standard InChI is InChI=1S/C9H13NO4S/c11-9(7-15(12,13)14)6-10-8-4-2-1-3-5-8/h1-5,9-11H,6-7H2,(H,12,13,14). The van der Waals surface area contributed by atoms with Crippen LogP contribution in [0.2, 0.25) is 0 Å². The van der Waals surface area contributed by atoms with Crippen molar-refractivity contribution in [3.8, 4) is 0 Å². The Balaban J connectivity index is 2.38. The van der Waals surface area contributed by atoms with Crippen LogP contribution in [0.5, 0.6) is 0 Å². The molecule has 3 N–H and O–H groups in total. The van der Waals surface area contributed by atoms with E-state index in [1.54, 1.807) is 12.1 Å². The Morgan fingerprint density at radius 3 is 2.40 bits per heavy atom. The lowest BCUT2D eigenvalue weighted by molar-refractivity contribution is 0.208. The second kappa shape index (κ2) is 5.11. The molecule has 0 aliphatic heterocycles. The van der Waals surface area contributed by atoms with Gasteiger partial charge in [-0.2, -0.15) is 8.42 Å². The predicted octanol–water partition coefficient (Wildman–Crippen LogP) is 0.347. The molecule has 0 spiro atoms. The van der Waals surface area contributed by atoms with Crippen LogP contribution in [0, 0.1) is 0 Å². The van der Waals surface area contributed by atoms with Crippen molar-refractivity contribution in [3.05, 3.63) is 30.3 Å². The lowest BCUT2D eigenvalue weighted by Gasteiger charge is -2.10. The number of para-hydroxylation sites is 1. The number of aliphatic hydroxyl groups excluding tert-OH is 1. The van der Waals surface area contributed by atoms with E-state index in [4.69, 9.17) is 4.55 Å². The van der Waals surface area contributed by atoms with Gasteiger partial charge in [0.1, 0.15) is 5.75 Å². The molecule has 0 aliphatic rings. The van der Waals surface area contributed by atoms with Crippen LogP contribution in [0.25, 0.3) is 0 Å². The molecule has 0 saturated heterocycles. The highest BCUT2D eigenvalue weighted by Crippen LogP contribution is 2.04. The Labute approximate surface area is 88.5 Å². The normalized spacial score (nSPS) is 13.5. The van der Waals surface area contributed by atoms with Crippen LogP contribution >= 0.6 is 0 Å². The van der Waals surface area contributed by atoms with E-state index >= 15 is 0 Å². The van der Waals surface area contributed by atoms with E-state index in [1.165, 1.54) is 0 Å². The fourth-order valence-electron chi connectivity index (χ4n) is 1.09. The van der Waals surface area contributed by atoms with Crippen molar-refractivity contribution in [2.24, 2.45) is 0 Å². The van der Waals surface area contributed by atoms with Crippen molar-refractivity contribution in [1.82, 2.24) is 0 Å². The summed E-state index contributed by atoms with van der Waals surface area (Å²) in [6.07, 6.45) is -1.12. The highest BCUT2D eigenvalue weighted by molar-refractivity contribution is 7.85. The smallest absolute Gasteiger partial charge is 0.267 e. The third-order valence-electron chi connectivity index (χ3n) is 1.72.